The number of benzene rings is 4. The molecule has 9 nitrogen and oxygen atoms in total. The molecule has 2 aliphatic carbocycles. The molecule has 1 atom stereocenters. The fraction of sp³-hybridized carbons (Fsp3) is 0.234. The number of halogens is 2. The van der Waals surface area contributed by atoms with Gasteiger partial charge in [-0.1, -0.05) is 84.9 Å². The van der Waals surface area contributed by atoms with Gasteiger partial charge in [-0.2, -0.15) is 10.2 Å². The molecule has 0 bridgehead atoms. The Morgan fingerprint density at radius 2 is 1.26 bits per heavy atom. The van der Waals surface area contributed by atoms with Crippen LogP contribution < -0.4 is 10.6 Å². The van der Waals surface area contributed by atoms with Crippen LogP contribution in [-0.2, 0) is 30.4 Å². The number of nitrogens with zero attached hydrogens (tertiary/aromatic N) is 5. The van der Waals surface area contributed by atoms with Gasteiger partial charge in [0.05, 0.1) is 11.1 Å². The van der Waals surface area contributed by atoms with Gasteiger partial charge in [-0.05, 0) is 104 Å². The molecular formula is C47H42F2N8O. The Morgan fingerprint density at radius 1 is 0.638 bits per heavy atom. The highest BCUT2D eigenvalue weighted by Gasteiger charge is 2.25. The molecule has 290 valence electrons. The van der Waals surface area contributed by atoms with Crippen molar-refractivity contribution in [3.8, 4) is 22.5 Å². The lowest BCUT2D eigenvalue weighted by Crippen LogP contribution is -2.19. The van der Waals surface area contributed by atoms with E-state index in [1.165, 1.54) is 28.3 Å². The van der Waals surface area contributed by atoms with E-state index >= 15 is 4.39 Å². The Labute approximate surface area is 334 Å². The van der Waals surface area contributed by atoms with E-state index in [1.54, 1.807) is 6.07 Å². The van der Waals surface area contributed by atoms with Crippen molar-refractivity contribution >= 4 is 45.1 Å². The first-order chi connectivity index (χ1) is 28.6. The fourth-order valence-corrected chi connectivity index (χ4v) is 8.61. The van der Waals surface area contributed by atoms with Gasteiger partial charge >= 0.3 is 0 Å². The summed E-state index contributed by atoms with van der Waals surface area (Å²) in [6.45, 7) is 0.704. The number of pyridine rings is 2. The number of anilines is 4. The Balaban J connectivity index is 0.000000144. The van der Waals surface area contributed by atoms with Crippen LogP contribution in [0.1, 0.15) is 60.6 Å². The molecule has 3 aliphatic rings. The van der Waals surface area contributed by atoms with Crippen LogP contribution in [-0.4, -0.2) is 36.6 Å². The molecule has 3 N–H and O–H groups in total. The number of aromatic amines is 1. The van der Waals surface area contributed by atoms with Crippen LogP contribution >= 0.6 is 0 Å². The van der Waals surface area contributed by atoms with Crippen LogP contribution in [0.5, 0.6) is 0 Å². The van der Waals surface area contributed by atoms with E-state index in [0.717, 1.165) is 91.7 Å². The smallest absolute Gasteiger partial charge is 0.183 e. The number of H-pyrrole nitrogens is 1. The largest absolute Gasteiger partial charge is 0.356 e. The van der Waals surface area contributed by atoms with Gasteiger partial charge in [-0.15, -0.1) is 0 Å². The normalized spacial score (nSPS) is 15.9. The molecule has 4 aromatic carbocycles. The molecule has 5 heterocycles. The van der Waals surface area contributed by atoms with E-state index in [9.17, 15) is 4.39 Å². The third-order valence-electron chi connectivity index (χ3n) is 11.5. The lowest BCUT2D eigenvalue weighted by atomic mass is 10.1. The highest BCUT2D eigenvalue weighted by atomic mass is 19.1. The standard InChI is InChI=1S/C26H25FN4O.C21H17FN4/c27-21-16-20-24(18-8-2-1-3-9-18)30-31(23-14-4-5-15-32-23)26(20)29-25(21)28-22-13-7-11-17-10-6-12-19(17)22;22-17-12-16-19(14-6-2-1-3-7-14)25-26-20(16)24-21(17)23-18-11-5-9-13-8-4-10-15(13)18/h1-3,7-9,11,13,16,23H,4-6,10,12,14-15H2,(H,28,29);1-3,5-7,9,11-12H,4,8,10H2,(H2,23,24,25,26). The second-order valence-corrected chi connectivity index (χ2v) is 15.2. The number of hydrogen-bond donors (Lipinski definition) is 3. The molecule has 1 fully saturated rings. The molecule has 1 aliphatic heterocycles. The molecule has 8 aromatic rings. The van der Waals surface area contributed by atoms with Crippen LogP contribution in [0.15, 0.2) is 109 Å². The zero-order valence-electron chi connectivity index (χ0n) is 31.9. The van der Waals surface area contributed by atoms with Crippen LogP contribution in [0.3, 0.4) is 0 Å². The molecule has 1 saturated heterocycles. The average molecular weight is 773 g/mol. The van der Waals surface area contributed by atoms with Crippen molar-refractivity contribution in [3.05, 3.63) is 143 Å². The lowest BCUT2D eigenvalue weighted by molar-refractivity contribution is -0.0368. The topological polar surface area (TPSA) is 106 Å². The van der Waals surface area contributed by atoms with Crippen molar-refractivity contribution in [1.82, 2.24) is 29.9 Å². The van der Waals surface area contributed by atoms with Crippen LogP contribution in [0, 0.1) is 11.6 Å². The van der Waals surface area contributed by atoms with E-state index in [2.05, 4.69) is 37.9 Å². The summed E-state index contributed by atoms with van der Waals surface area (Å²) < 4.78 is 37.9. The molecule has 11 heteroatoms. The van der Waals surface area contributed by atoms with Gasteiger partial charge in [0.2, 0.25) is 0 Å². The summed E-state index contributed by atoms with van der Waals surface area (Å²) in [5.41, 5.74) is 11.6. The maximum absolute atomic E-state index is 15.3. The Hall–Kier alpha value is -6.46. The minimum absolute atomic E-state index is 0.185. The Morgan fingerprint density at radius 3 is 1.90 bits per heavy atom. The second-order valence-electron chi connectivity index (χ2n) is 15.2. The summed E-state index contributed by atoms with van der Waals surface area (Å²) in [6, 6.07) is 35.0. The molecule has 0 radical (unpaired) electrons. The van der Waals surface area contributed by atoms with Crippen molar-refractivity contribution in [3.63, 3.8) is 0 Å². The van der Waals surface area contributed by atoms with E-state index in [0.29, 0.717) is 28.7 Å². The first-order valence-electron chi connectivity index (χ1n) is 20.2. The monoisotopic (exact) mass is 772 g/mol. The highest BCUT2D eigenvalue weighted by Crippen LogP contribution is 2.37. The Kier molecular flexibility index (Phi) is 9.58. The zero-order valence-corrected chi connectivity index (χ0v) is 31.9. The van der Waals surface area contributed by atoms with Gasteiger partial charge in [-0.25, -0.2) is 23.4 Å². The number of aryl methyl sites for hydroxylation is 2. The minimum Gasteiger partial charge on any atom is -0.356 e. The third kappa shape index (κ3) is 6.85. The summed E-state index contributed by atoms with van der Waals surface area (Å²) in [5.74, 6) is -0.320. The molecule has 58 heavy (non-hydrogen) atoms. The van der Waals surface area contributed by atoms with E-state index < -0.39 is 0 Å². The molecule has 4 aromatic heterocycles. The van der Waals surface area contributed by atoms with Crippen LogP contribution in [0.4, 0.5) is 31.8 Å². The second kappa shape index (κ2) is 15.5. The zero-order chi connectivity index (χ0) is 39.0. The van der Waals surface area contributed by atoms with Crippen LogP contribution in [0.25, 0.3) is 44.6 Å². The summed E-state index contributed by atoms with van der Waals surface area (Å²) >= 11 is 0. The number of ether oxygens (including phenoxy) is 1. The predicted molar refractivity (Wildman–Crippen MR) is 225 cm³/mol. The van der Waals surface area contributed by atoms with E-state index in [-0.39, 0.29) is 29.5 Å². The average Bonchev–Trinajstić information content (AvgIpc) is 4.09. The first-order valence-corrected chi connectivity index (χ1v) is 20.2. The highest BCUT2D eigenvalue weighted by molar-refractivity contribution is 5.93. The number of hydrogen-bond acceptors (Lipinski definition) is 7. The van der Waals surface area contributed by atoms with Gasteiger partial charge in [0.15, 0.2) is 40.8 Å². The summed E-state index contributed by atoms with van der Waals surface area (Å²) in [5, 5.41) is 19.9. The van der Waals surface area contributed by atoms with Gasteiger partial charge in [0, 0.05) is 34.5 Å². The van der Waals surface area contributed by atoms with Crippen molar-refractivity contribution in [2.24, 2.45) is 0 Å². The lowest BCUT2D eigenvalue weighted by Gasteiger charge is -2.23. The van der Waals surface area contributed by atoms with E-state index in [4.69, 9.17) is 14.8 Å². The number of rotatable bonds is 7. The minimum atomic E-state index is -0.383. The number of fused-ring (bicyclic) bond motifs is 4. The first kappa shape index (κ1) is 35.9. The van der Waals surface area contributed by atoms with Crippen molar-refractivity contribution in [2.75, 3.05) is 17.2 Å². The number of aromatic nitrogens is 6. The maximum atomic E-state index is 15.3. The fourth-order valence-electron chi connectivity index (χ4n) is 8.61. The number of nitrogens with one attached hydrogen (secondary N) is 3. The molecular weight excluding hydrogens is 731 g/mol. The van der Waals surface area contributed by atoms with Crippen molar-refractivity contribution in [1.29, 1.82) is 0 Å². The van der Waals surface area contributed by atoms with Crippen LogP contribution in [0.2, 0.25) is 0 Å². The predicted octanol–water partition coefficient (Wildman–Crippen LogP) is 11.2. The van der Waals surface area contributed by atoms with Crippen molar-refractivity contribution < 1.29 is 13.5 Å². The molecule has 0 saturated carbocycles. The third-order valence-corrected chi connectivity index (χ3v) is 11.5. The van der Waals surface area contributed by atoms with Gasteiger partial charge in [0.1, 0.15) is 5.69 Å². The molecule has 0 spiro atoms. The van der Waals surface area contributed by atoms with Gasteiger partial charge < -0.3 is 15.4 Å². The molecule has 0 amide bonds. The SMILES string of the molecule is Fc1cc2c(-c3ccccc3)[nH]nc2nc1Nc1cccc2c1CCC2.Fc1cc2c(-c3ccccc3)nn(C3CCCCO3)c2nc1Nc1cccc2c1CCC2. The summed E-state index contributed by atoms with van der Waals surface area (Å²) in [4.78, 5) is 9.16. The van der Waals surface area contributed by atoms with E-state index in [1.807, 2.05) is 89.6 Å². The van der Waals surface area contributed by atoms with Crippen molar-refractivity contribution in [2.45, 2.75) is 64.0 Å². The molecule has 11 rings (SSSR count). The maximum Gasteiger partial charge on any atom is 0.183 e. The molecule has 1 unspecified atom stereocenters. The Bertz CT molecular complexity index is 2760. The van der Waals surface area contributed by atoms with Gasteiger partial charge in [0.25, 0.3) is 0 Å². The summed E-state index contributed by atoms with van der Waals surface area (Å²) in [6.07, 6.45) is 9.28. The quantitative estimate of drug-likeness (QED) is 0.148. The summed E-state index contributed by atoms with van der Waals surface area (Å²) in [7, 11) is 0. The van der Waals surface area contributed by atoms with Gasteiger partial charge in [-0.3, -0.25) is 5.10 Å².